The molecule has 4 fully saturated rings. The van der Waals surface area contributed by atoms with Crippen molar-refractivity contribution < 1.29 is 9.84 Å². The largest absolute Gasteiger partial charge is 0.393 e. The third-order valence-corrected chi connectivity index (χ3v) is 10.9. The number of hydrogen-bond acceptors (Lipinski definition) is 2. The van der Waals surface area contributed by atoms with Gasteiger partial charge in [-0.25, -0.2) is 0 Å². The van der Waals surface area contributed by atoms with E-state index in [2.05, 4.69) is 59.8 Å². The van der Waals surface area contributed by atoms with Gasteiger partial charge >= 0.3 is 0 Å². The second-order valence-electron chi connectivity index (χ2n) is 12.6. The summed E-state index contributed by atoms with van der Waals surface area (Å²) in [6, 6.07) is 0. The third-order valence-electron chi connectivity index (χ3n) is 10.9. The summed E-state index contributed by atoms with van der Waals surface area (Å²) in [6.45, 7) is 14.6. The molecule has 1 aliphatic heterocycles. The Kier molecular flexibility index (Phi) is 4.92. The van der Waals surface area contributed by atoms with Crippen LogP contribution in [0.25, 0.3) is 0 Å². The van der Waals surface area contributed by atoms with Gasteiger partial charge in [0.2, 0.25) is 0 Å². The fourth-order valence-electron chi connectivity index (χ4n) is 8.52. The van der Waals surface area contributed by atoms with Crippen molar-refractivity contribution in [3.8, 4) is 0 Å². The van der Waals surface area contributed by atoms with Gasteiger partial charge in [0, 0.05) is 11.8 Å². The van der Waals surface area contributed by atoms with Gasteiger partial charge in [-0.2, -0.15) is 0 Å². The van der Waals surface area contributed by atoms with E-state index in [0.717, 1.165) is 37.0 Å². The van der Waals surface area contributed by atoms with Crippen LogP contribution in [0.1, 0.15) is 86.5 Å². The lowest BCUT2D eigenvalue weighted by Crippen LogP contribution is -2.55. The molecular formula is C28H44O2. The number of rotatable bonds is 4. The summed E-state index contributed by atoms with van der Waals surface area (Å²) in [6.07, 6.45) is 16.0. The number of allylic oxidation sites excluding steroid dienone is 3. The maximum atomic E-state index is 10.4. The number of epoxide rings is 1. The maximum absolute atomic E-state index is 10.4. The number of fused-ring (bicyclic) bond motifs is 4. The molecule has 30 heavy (non-hydrogen) atoms. The van der Waals surface area contributed by atoms with Gasteiger partial charge in [0.25, 0.3) is 0 Å². The molecule has 2 heteroatoms. The van der Waals surface area contributed by atoms with Crippen molar-refractivity contribution in [1.82, 2.24) is 0 Å². The predicted octanol–water partition coefficient (Wildman–Crippen LogP) is 6.54. The lowest BCUT2D eigenvalue weighted by Gasteiger charge is -2.56. The summed E-state index contributed by atoms with van der Waals surface area (Å²) in [5.41, 5.74) is 2.38. The maximum Gasteiger partial charge on any atom is 0.107 e. The second-order valence-corrected chi connectivity index (χ2v) is 12.6. The van der Waals surface area contributed by atoms with Crippen LogP contribution in [0.15, 0.2) is 23.8 Å². The van der Waals surface area contributed by atoms with Gasteiger partial charge in [-0.15, -0.1) is 0 Å². The molecule has 0 aromatic carbocycles. The predicted molar refractivity (Wildman–Crippen MR) is 123 cm³/mol. The smallest absolute Gasteiger partial charge is 0.107 e. The lowest BCUT2D eigenvalue weighted by atomic mass is 9.47. The zero-order valence-corrected chi connectivity index (χ0v) is 20.2. The summed E-state index contributed by atoms with van der Waals surface area (Å²) in [4.78, 5) is 0. The Balaban J connectivity index is 1.40. The molecule has 1 saturated heterocycles. The van der Waals surface area contributed by atoms with Crippen molar-refractivity contribution in [1.29, 1.82) is 0 Å². The van der Waals surface area contributed by atoms with E-state index in [1.807, 2.05) is 0 Å². The van der Waals surface area contributed by atoms with Crippen LogP contribution >= 0.6 is 0 Å². The number of ether oxygens (including phenoxy) is 1. The monoisotopic (exact) mass is 412 g/mol. The molecule has 1 N–H and O–H groups in total. The highest BCUT2D eigenvalue weighted by molar-refractivity contribution is 5.38. The number of aliphatic hydroxyl groups excluding tert-OH is 1. The fourth-order valence-corrected chi connectivity index (χ4v) is 8.52. The average Bonchev–Trinajstić information content (AvgIpc) is 3.27. The molecular weight excluding hydrogens is 368 g/mol. The quantitative estimate of drug-likeness (QED) is 0.420. The van der Waals surface area contributed by atoms with Crippen molar-refractivity contribution >= 4 is 0 Å². The SMILES string of the molecule is CC(C)C(C)/C=C/[C@@H](C)C1CCC2C3=C[C@H]4O[C@]45C[C@@H](O)CC[C@]5(C)C3CC[C@@]21C. The molecule has 0 bridgehead atoms. The van der Waals surface area contributed by atoms with E-state index in [1.165, 1.54) is 25.7 Å². The van der Waals surface area contributed by atoms with E-state index in [4.69, 9.17) is 4.74 Å². The van der Waals surface area contributed by atoms with Crippen molar-refractivity contribution in [3.63, 3.8) is 0 Å². The van der Waals surface area contributed by atoms with E-state index in [0.29, 0.717) is 23.2 Å². The zero-order chi connectivity index (χ0) is 21.5. The highest BCUT2D eigenvalue weighted by Gasteiger charge is 2.73. The van der Waals surface area contributed by atoms with Crippen molar-refractivity contribution in [2.45, 2.75) is 104 Å². The molecule has 0 amide bonds. The Labute approximate surface area is 184 Å². The van der Waals surface area contributed by atoms with Crippen LogP contribution in [0.4, 0.5) is 0 Å². The molecule has 5 rings (SSSR count). The Morgan fingerprint density at radius 2 is 1.77 bits per heavy atom. The highest BCUT2D eigenvalue weighted by atomic mass is 16.6. The first-order valence-electron chi connectivity index (χ1n) is 12.9. The summed E-state index contributed by atoms with van der Waals surface area (Å²) >= 11 is 0. The molecule has 0 aromatic heterocycles. The van der Waals surface area contributed by atoms with Gasteiger partial charge in [0.15, 0.2) is 0 Å². The van der Waals surface area contributed by atoms with Crippen molar-refractivity contribution in [3.05, 3.63) is 23.8 Å². The van der Waals surface area contributed by atoms with Crippen molar-refractivity contribution in [2.24, 2.45) is 46.3 Å². The van der Waals surface area contributed by atoms with Crippen LogP contribution in [0.3, 0.4) is 0 Å². The van der Waals surface area contributed by atoms with Gasteiger partial charge < -0.3 is 9.84 Å². The molecule has 1 spiro atoms. The molecule has 0 aromatic rings. The van der Waals surface area contributed by atoms with Crippen molar-refractivity contribution in [2.75, 3.05) is 0 Å². The van der Waals surface area contributed by atoms with E-state index < -0.39 is 0 Å². The number of aliphatic hydroxyl groups is 1. The molecule has 2 nitrogen and oxygen atoms in total. The molecule has 5 aliphatic rings. The molecule has 1 heterocycles. The first kappa shape index (κ1) is 21.3. The topological polar surface area (TPSA) is 32.8 Å². The first-order valence-corrected chi connectivity index (χ1v) is 12.9. The minimum atomic E-state index is -0.163. The van der Waals surface area contributed by atoms with E-state index in [1.54, 1.807) is 5.57 Å². The molecule has 3 saturated carbocycles. The molecule has 168 valence electrons. The van der Waals surface area contributed by atoms with Gasteiger partial charge in [0.05, 0.1) is 6.10 Å². The average molecular weight is 413 g/mol. The van der Waals surface area contributed by atoms with Crippen LogP contribution < -0.4 is 0 Å². The van der Waals surface area contributed by atoms with Gasteiger partial charge in [0.1, 0.15) is 11.7 Å². The minimum Gasteiger partial charge on any atom is -0.393 e. The van der Waals surface area contributed by atoms with Crippen LogP contribution in [-0.2, 0) is 4.74 Å². The molecule has 0 radical (unpaired) electrons. The Bertz CT molecular complexity index is 752. The van der Waals surface area contributed by atoms with E-state index in [9.17, 15) is 5.11 Å². The summed E-state index contributed by atoms with van der Waals surface area (Å²) in [5.74, 6) is 4.26. The zero-order valence-electron chi connectivity index (χ0n) is 20.2. The first-order chi connectivity index (χ1) is 14.1. The second kappa shape index (κ2) is 6.95. The molecule has 4 aliphatic carbocycles. The van der Waals surface area contributed by atoms with Gasteiger partial charge in [-0.3, -0.25) is 0 Å². The van der Waals surface area contributed by atoms with Gasteiger partial charge in [-0.05, 0) is 79.4 Å². The Morgan fingerprint density at radius 1 is 1.00 bits per heavy atom. The van der Waals surface area contributed by atoms with E-state index >= 15 is 0 Å². The van der Waals surface area contributed by atoms with Crippen LogP contribution in [0, 0.1) is 46.3 Å². The Hall–Kier alpha value is -0.600. The summed E-state index contributed by atoms with van der Waals surface area (Å²) in [5, 5.41) is 10.4. The van der Waals surface area contributed by atoms with Crippen LogP contribution in [-0.4, -0.2) is 22.9 Å². The van der Waals surface area contributed by atoms with Gasteiger partial charge in [-0.1, -0.05) is 65.3 Å². The molecule has 4 unspecified atom stereocenters. The Morgan fingerprint density at radius 3 is 2.50 bits per heavy atom. The number of hydrogen-bond donors (Lipinski definition) is 1. The highest BCUT2D eigenvalue weighted by Crippen LogP contribution is 2.72. The summed E-state index contributed by atoms with van der Waals surface area (Å²) in [7, 11) is 0. The molecule has 10 atom stereocenters. The summed E-state index contributed by atoms with van der Waals surface area (Å²) < 4.78 is 6.43. The lowest BCUT2D eigenvalue weighted by molar-refractivity contribution is -0.0527. The van der Waals surface area contributed by atoms with Crippen LogP contribution in [0.5, 0.6) is 0 Å². The van der Waals surface area contributed by atoms with E-state index in [-0.39, 0.29) is 23.2 Å². The fraction of sp³-hybridized carbons (Fsp3) is 0.857. The minimum absolute atomic E-state index is 0.0480. The van der Waals surface area contributed by atoms with Crippen LogP contribution in [0.2, 0.25) is 0 Å². The normalized spacial score (nSPS) is 51.6. The standard InChI is InChI=1S/C28H44O2/c1-17(2)18(3)7-8-19(4)22-9-10-23-21-15-25-28(30-25)16-20(29)11-14-27(28,6)24(21)12-13-26(22,23)5/h7-8,15,17-20,22-25,29H,9-14,16H2,1-6H3/b8-7+/t18?,19-,20+,22?,23?,24?,25-,26-,27-,28-/m1/s1. The third kappa shape index (κ3) is 2.81.